The molecule has 8 nitrogen and oxygen atoms in total. The van der Waals surface area contributed by atoms with E-state index in [4.69, 9.17) is 5.73 Å². The van der Waals surface area contributed by atoms with Crippen LogP contribution in [0.1, 0.15) is 23.1 Å². The predicted molar refractivity (Wildman–Crippen MR) is 115 cm³/mol. The lowest BCUT2D eigenvalue weighted by atomic mass is 10.1. The Balaban J connectivity index is 1.62. The molecule has 5 N–H and O–H groups in total. The number of amides is 2. The van der Waals surface area contributed by atoms with Crippen molar-refractivity contribution in [3.05, 3.63) is 59.2 Å². The van der Waals surface area contributed by atoms with Crippen LogP contribution in [0.5, 0.6) is 0 Å². The summed E-state index contributed by atoms with van der Waals surface area (Å²) >= 11 is 0. The van der Waals surface area contributed by atoms with E-state index in [1.165, 1.54) is 0 Å². The van der Waals surface area contributed by atoms with E-state index in [-0.39, 0.29) is 30.2 Å². The number of hydrogen-bond donors (Lipinski definition) is 4. The molecule has 0 spiro atoms. The highest BCUT2D eigenvalue weighted by atomic mass is 16.2. The first kappa shape index (κ1) is 20.1. The molecule has 0 fully saturated rings. The number of benzene rings is 2. The van der Waals surface area contributed by atoms with Crippen LogP contribution in [0, 0.1) is 20.8 Å². The molecule has 0 saturated carbocycles. The smallest absolute Gasteiger partial charge is 0.252 e. The number of nitrogens with zero attached hydrogens (tertiary/aromatic N) is 2. The van der Waals surface area contributed by atoms with Crippen LogP contribution in [0.4, 0.5) is 11.4 Å². The van der Waals surface area contributed by atoms with Crippen molar-refractivity contribution in [1.82, 2.24) is 5.32 Å². The second-order valence-corrected chi connectivity index (χ2v) is 7.02. The van der Waals surface area contributed by atoms with Crippen molar-refractivity contribution in [3.63, 3.8) is 0 Å². The molecule has 1 atom stereocenters. The Hall–Kier alpha value is -3.68. The molecule has 2 amide bonds. The number of carbonyl (C=O) groups is 2. The van der Waals surface area contributed by atoms with Gasteiger partial charge in [0.05, 0.1) is 6.42 Å². The normalized spacial score (nSPS) is 16.2. The first-order valence-electron chi connectivity index (χ1n) is 9.24. The van der Waals surface area contributed by atoms with Gasteiger partial charge in [-0.1, -0.05) is 29.8 Å². The number of aryl methyl sites for hydroxylation is 3. The number of nitrogens with two attached hydrogens (primary N) is 1. The fourth-order valence-corrected chi connectivity index (χ4v) is 2.97. The van der Waals surface area contributed by atoms with Crippen molar-refractivity contribution in [2.24, 2.45) is 15.7 Å². The second kappa shape index (κ2) is 8.55. The number of carbonyl (C=O) groups excluding carboxylic acids is 2. The van der Waals surface area contributed by atoms with E-state index in [2.05, 4.69) is 25.9 Å². The summed E-state index contributed by atoms with van der Waals surface area (Å²) in [7, 11) is 0. The maximum absolute atomic E-state index is 12.3. The van der Waals surface area contributed by atoms with E-state index in [0.717, 1.165) is 22.4 Å². The van der Waals surface area contributed by atoms with Gasteiger partial charge in [-0.2, -0.15) is 4.99 Å². The molecule has 2 aromatic carbocycles. The number of guanidine groups is 2. The Kier molecular flexibility index (Phi) is 5.92. The van der Waals surface area contributed by atoms with Gasteiger partial charge in [0, 0.05) is 11.4 Å². The summed E-state index contributed by atoms with van der Waals surface area (Å²) < 4.78 is 0. The minimum atomic E-state index is -0.841. The lowest BCUT2D eigenvalue weighted by Gasteiger charge is -2.10. The Morgan fingerprint density at radius 3 is 2.62 bits per heavy atom. The van der Waals surface area contributed by atoms with Crippen molar-refractivity contribution in [1.29, 1.82) is 0 Å². The Bertz CT molecular complexity index is 1010. The monoisotopic (exact) mass is 392 g/mol. The third kappa shape index (κ3) is 5.41. The maximum atomic E-state index is 12.3. The summed E-state index contributed by atoms with van der Waals surface area (Å²) in [6.45, 7) is 5.87. The van der Waals surface area contributed by atoms with Gasteiger partial charge in [-0.05, 0) is 50.1 Å². The topological polar surface area (TPSA) is 121 Å². The number of hydrogen-bond acceptors (Lipinski definition) is 4. The zero-order valence-corrected chi connectivity index (χ0v) is 16.6. The van der Waals surface area contributed by atoms with E-state index in [0.29, 0.717) is 5.69 Å². The van der Waals surface area contributed by atoms with E-state index in [9.17, 15) is 9.59 Å². The molecule has 0 saturated heterocycles. The summed E-state index contributed by atoms with van der Waals surface area (Å²) in [5.74, 6) is -0.508. The van der Waals surface area contributed by atoms with E-state index in [1.807, 2.05) is 63.2 Å². The van der Waals surface area contributed by atoms with Crippen LogP contribution in [-0.4, -0.2) is 29.8 Å². The van der Waals surface area contributed by atoms with Crippen LogP contribution in [0.3, 0.4) is 0 Å². The van der Waals surface area contributed by atoms with Gasteiger partial charge in [0.2, 0.25) is 17.8 Å². The first-order valence-corrected chi connectivity index (χ1v) is 9.24. The van der Waals surface area contributed by atoms with Gasteiger partial charge >= 0.3 is 0 Å². The van der Waals surface area contributed by atoms with Gasteiger partial charge in [-0.25, -0.2) is 4.99 Å². The molecular weight excluding hydrogens is 368 g/mol. The highest BCUT2D eigenvalue weighted by Crippen LogP contribution is 2.17. The molecule has 8 heteroatoms. The minimum Gasteiger partial charge on any atom is -0.369 e. The average molecular weight is 392 g/mol. The SMILES string of the molecule is Cc1cccc(N/C(N)=N/C2=NC(CC(=O)Nc3ccc(C)cc3C)C(=O)N2)c1. The zero-order valence-electron chi connectivity index (χ0n) is 16.6. The fraction of sp³-hybridized carbons (Fsp3) is 0.238. The fourth-order valence-electron chi connectivity index (χ4n) is 2.97. The van der Waals surface area contributed by atoms with Crippen molar-refractivity contribution in [2.45, 2.75) is 33.2 Å². The van der Waals surface area contributed by atoms with E-state index in [1.54, 1.807) is 0 Å². The van der Waals surface area contributed by atoms with Gasteiger partial charge in [0.1, 0.15) is 6.04 Å². The molecular formula is C21H24N6O2. The Labute approximate surface area is 169 Å². The van der Waals surface area contributed by atoms with Crippen molar-refractivity contribution < 1.29 is 9.59 Å². The second-order valence-electron chi connectivity index (χ2n) is 7.02. The summed E-state index contributed by atoms with van der Waals surface area (Å²) in [6, 6.07) is 12.5. The van der Waals surface area contributed by atoms with Crippen LogP contribution >= 0.6 is 0 Å². The molecule has 150 valence electrons. The number of rotatable bonds is 4. The molecule has 29 heavy (non-hydrogen) atoms. The van der Waals surface area contributed by atoms with Gasteiger partial charge in [0.25, 0.3) is 5.91 Å². The average Bonchev–Trinajstić information content (AvgIpc) is 2.96. The molecule has 2 aromatic rings. The lowest BCUT2D eigenvalue weighted by Crippen LogP contribution is -2.32. The molecule has 1 heterocycles. The van der Waals surface area contributed by atoms with Gasteiger partial charge in [-0.15, -0.1) is 0 Å². The molecule has 3 rings (SSSR count). The number of nitrogens with one attached hydrogen (secondary N) is 3. The largest absolute Gasteiger partial charge is 0.369 e. The number of anilines is 2. The van der Waals surface area contributed by atoms with Crippen molar-refractivity contribution in [2.75, 3.05) is 10.6 Å². The molecule has 0 aromatic heterocycles. The van der Waals surface area contributed by atoms with Crippen LogP contribution in [0.25, 0.3) is 0 Å². The maximum Gasteiger partial charge on any atom is 0.252 e. The van der Waals surface area contributed by atoms with Crippen molar-refractivity contribution in [3.8, 4) is 0 Å². The molecule has 1 unspecified atom stereocenters. The zero-order chi connectivity index (χ0) is 21.0. The molecule has 0 aliphatic carbocycles. The van der Waals surface area contributed by atoms with Gasteiger partial charge < -0.3 is 16.4 Å². The van der Waals surface area contributed by atoms with Crippen LogP contribution in [0.2, 0.25) is 0 Å². The lowest BCUT2D eigenvalue weighted by molar-refractivity contribution is -0.123. The quantitative estimate of drug-likeness (QED) is 0.471. The standard InChI is InChI=1S/C21H24N6O2/c1-12-5-4-6-15(10-12)23-20(22)27-21-25-17(19(29)26-21)11-18(28)24-16-8-7-13(2)9-14(16)3/h4-10,17H,11H2,1-3H3,(H,24,28)(H4,22,23,25,26,27,29). The molecule has 0 bridgehead atoms. The Morgan fingerprint density at radius 2 is 1.90 bits per heavy atom. The Morgan fingerprint density at radius 1 is 1.14 bits per heavy atom. The molecule has 1 aliphatic heterocycles. The van der Waals surface area contributed by atoms with Crippen LogP contribution < -0.4 is 21.7 Å². The summed E-state index contributed by atoms with van der Waals surface area (Å²) in [4.78, 5) is 32.7. The highest BCUT2D eigenvalue weighted by Gasteiger charge is 2.28. The summed E-state index contributed by atoms with van der Waals surface area (Å²) in [5, 5.41) is 8.30. The number of aliphatic imine (C=N–C) groups is 2. The minimum absolute atomic E-state index is 0.0800. The first-order chi connectivity index (χ1) is 13.8. The molecule has 0 radical (unpaired) electrons. The van der Waals surface area contributed by atoms with Crippen LogP contribution in [-0.2, 0) is 9.59 Å². The summed E-state index contributed by atoms with van der Waals surface area (Å²) in [5.41, 5.74) is 10.5. The molecule has 1 aliphatic rings. The van der Waals surface area contributed by atoms with Crippen LogP contribution in [0.15, 0.2) is 52.4 Å². The third-order valence-corrected chi connectivity index (χ3v) is 4.37. The highest BCUT2D eigenvalue weighted by molar-refractivity contribution is 6.11. The van der Waals surface area contributed by atoms with Gasteiger partial charge in [-0.3, -0.25) is 14.9 Å². The third-order valence-electron chi connectivity index (χ3n) is 4.37. The van der Waals surface area contributed by atoms with E-state index >= 15 is 0 Å². The summed E-state index contributed by atoms with van der Waals surface area (Å²) in [6.07, 6.45) is -0.0800. The van der Waals surface area contributed by atoms with Crippen molar-refractivity contribution >= 4 is 35.1 Å². The predicted octanol–water partition coefficient (Wildman–Crippen LogP) is 2.22. The van der Waals surface area contributed by atoms with Gasteiger partial charge in [0.15, 0.2) is 0 Å². The van der Waals surface area contributed by atoms with E-state index < -0.39 is 6.04 Å².